The van der Waals surface area contributed by atoms with Crippen LogP contribution in [0.25, 0.3) is 0 Å². The number of rotatable bonds is 5. The van der Waals surface area contributed by atoms with Gasteiger partial charge in [-0.2, -0.15) is 0 Å². The molecule has 1 atom stereocenters. The first-order chi connectivity index (χ1) is 10.1. The Hall–Kier alpha value is -2.49. The van der Waals surface area contributed by atoms with Crippen LogP contribution in [0.2, 0.25) is 0 Å². The van der Waals surface area contributed by atoms with Gasteiger partial charge in [-0.15, -0.1) is 0 Å². The Balaban J connectivity index is 2.21. The Morgan fingerprint density at radius 3 is 2.29 bits per heavy atom. The number of para-hydroxylation sites is 1. The van der Waals surface area contributed by atoms with E-state index in [0.717, 1.165) is 11.3 Å². The Morgan fingerprint density at radius 2 is 1.71 bits per heavy atom. The van der Waals surface area contributed by atoms with Gasteiger partial charge < -0.3 is 16.3 Å². The Labute approximate surface area is 125 Å². The Bertz CT molecular complexity index is 603. The minimum absolute atomic E-state index is 0.171. The largest absolute Gasteiger partial charge is 0.409 e. The summed E-state index contributed by atoms with van der Waals surface area (Å²) in [6, 6.07) is 16.0. The third kappa shape index (κ3) is 3.54. The molecular formula is C17H21N3O. The Kier molecular flexibility index (Phi) is 4.82. The van der Waals surface area contributed by atoms with Crippen molar-refractivity contribution in [2.24, 2.45) is 10.9 Å². The summed E-state index contributed by atoms with van der Waals surface area (Å²) in [4.78, 5) is 0. The molecule has 0 aromatic heterocycles. The molecule has 21 heavy (non-hydrogen) atoms. The zero-order valence-electron chi connectivity index (χ0n) is 12.4. The van der Waals surface area contributed by atoms with Gasteiger partial charge in [0.05, 0.1) is 5.92 Å². The van der Waals surface area contributed by atoms with E-state index in [1.54, 1.807) is 0 Å². The summed E-state index contributed by atoms with van der Waals surface area (Å²) in [7, 11) is 0. The van der Waals surface area contributed by atoms with Crippen molar-refractivity contribution in [1.82, 2.24) is 0 Å². The minimum atomic E-state index is -0.171. The first-order valence-corrected chi connectivity index (χ1v) is 6.96. The summed E-state index contributed by atoms with van der Waals surface area (Å²) in [5, 5.41) is 15.6. The van der Waals surface area contributed by atoms with Crippen molar-refractivity contribution < 1.29 is 5.21 Å². The maximum atomic E-state index is 9.01. The second-order valence-corrected chi connectivity index (χ2v) is 5.14. The molecule has 0 bridgehead atoms. The van der Waals surface area contributed by atoms with E-state index in [1.807, 2.05) is 36.4 Å². The SMILES string of the molecule is Cc1cccc(C)c1NCC(C(N)=NO)c1ccccc1. The predicted octanol–water partition coefficient (Wildman–Crippen LogP) is 3.25. The van der Waals surface area contributed by atoms with Crippen LogP contribution in [0.4, 0.5) is 5.69 Å². The van der Waals surface area contributed by atoms with Crippen molar-refractivity contribution in [2.45, 2.75) is 19.8 Å². The maximum Gasteiger partial charge on any atom is 0.148 e. The molecular weight excluding hydrogens is 262 g/mol. The van der Waals surface area contributed by atoms with Gasteiger partial charge in [-0.25, -0.2) is 0 Å². The quantitative estimate of drug-likeness (QED) is 0.341. The third-order valence-electron chi connectivity index (χ3n) is 3.64. The zero-order chi connectivity index (χ0) is 15.2. The molecule has 0 saturated heterocycles. The van der Waals surface area contributed by atoms with Crippen LogP contribution >= 0.6 is 0 Å². The summed E-state index contributed by atoms with van der Waals surface area (Å²) >= 11 is 0. The molecule has 0 radical (unpaired) electrons. The van der Waals surface area contributed by atoms with Crippen molar-refractivity contribution in [3.63, 3.8) is 0 Å². The van der Waals surface area contributed by atoms with Gasteiger partial charge in [0.25, 0.3) is 0 Å². The van der Waals surface area contributed by atoms with Gasteiger partial charge in [0.15, 0.2) is 0 Å². The van der Waals surface area contributed by atoms with Crippen molar-refractivity contribution in [2.75, 3.05) is 11.9 Å². The summed E-state index contributed by atoms with van der Waals surface area (Å²) < 4.78 is 0. The van der Waals surface area contributed by atoms with E-state index in [9.17, 15) is 0 Å². The fraction of sp³-hybridized carbons (Fsp3) is 0.235. The lowest BCUT2D eigenvalue weighted by atomic mass is 9.97. The lowest BCUT2D eigenvalue weighted by Crippen LogP contribution is -2.28. The molecule has 4 heteroatoms. The van der Waals surface area contributed by atoms with Gasteiger partial charge in [-0.3, -0.25) is 0 Å². The van der Waals surface area contributed by atoms with Crippen molar-refractivity contribution in [1.29, 1.82) is 0 Å². The van der Waals surface area contributed by atoms with Gasteiger partial charge in [0.2, 0.25) is 0 Å². The van der Waals surface area contributed by atoms with Gasteiger partial charge in [-0.05, 0) is 30.5 Å². The molecule has 0 aliphatic rings. The van der Waals surface area contributed by atoms with Gasteiger partial charge in [-0.1, -0.05) is 53.7 Å². The van der Waals surface area contributed by atoms with Crippen LogP contribution in [0, 0.1) is 13.8 Å². The standard InChI is InChI=1S/C17H21N3O/c1-12-7-6-8-13(2)16(12)19-11-15(17(18)20-21)14-9-4-3-5-10-14/h3-10,15,19,21H,11H2,1-2H3,(H2,18,20). The van der Waals surface area contributed by atoms with Crippen LogP contribution in [-0.4, -0.2) is 17.6 Å². The lowest BCUT2D eigenvalue weighted by Gasteiger charge is -2.19. The van der Waals surface area contributed by atoms with E-state index in [1.165, 1.54) is 11.1 Å². The average molecular weight is 283 g/mol. The van der Waals surface area contributed by atoms with Crippen LogP contribution in [0.5, 0.6) is 0 Å². The topological polar surface area (TPSA) is 70.6 Å². The number of hydrogen-bond acceptors (Lipinski definition) is 3. The monoisotopic (exact) mass is 283 g/mol. The molecule has 2 aromatic rings. The third-order valence-corrected chi connectivity index (χ3v) is 3.64. The number of nitrogens with two attached hydrogens (primary N) is 1. The summed E-state index contributed by atoms with van der Waals surface area (Å²) in [5.41, 5.74) is 10.3. The molecule has 4 N–H and O–H groups in total. The normalized spacial score (nSPS) is 13.0. The van der Waals surface area contributed by atoms with Gasteiger partial charge in [0, 0.05) is 12.2 Å². The molecule has 0 aliphatic carbocycles. The molecule has 0 amide bonds. The van der Waals surface area contributed by atoms with E-state index >= 15 is 0 Å². The maximum absolute atomic E-state index is 9.01. The number of oxime groups is 1. The molecule has 0 heterocycles. The molecule has 2 aromatic carbocycles. The fourth-order valence-corrected chi connectivity index (χ4v) is 2.45. The van der Waals surface area contributed by atoms with Crippen molar-refractivity contribution >= 4 is 11.5 Å². The average Bonchev–Trinajstić information content (AvgIpc) is 2.50. The van der Waals surface area contributed by atoms with Crippen molar-refractivity contribution in [3.05, 3.63) is 65.2 Å². The highest BCUT2D eigenvalue weighted by Crippen LogP contribution is 2.22. The van der Waals surface area contributed by atoms with Gasteiger partial charge in [0.1, 0.15) is 5.84 Å². The highest BCUT2D eigenvalue weighted by Gasteiger charge is 2.17. The highest BCUT2D eigenvalue weighted by atomic mass is 16.4. The molecule has 0 spiro atoms. The molecule has 4 nitrogen and oxygen atoms in total. The molecule has 0 aliphatic heterocycles. The molecule has 110 valence electrons. The molecule has 1 unspecified atom stereocenters. The molecule has 0 saturated carbocycles. The minimum Gasteiger partial charge on any atom is -0.409 e. The Morgan fingerprint density at radius 1 is 1.10 bits per heavy atom. The number of benzene rings is 2. The number of nitrogens with zero attached hydrogens (tertiary/aromatic N) is 1. The summed E-state index contributed by atoms with van der Waals surface area (Å²) in [5.74, 6) is 0.0372. The number of nitrogens with one attached hydrogen (secondary N) is 1. The fourth-order valence-electron chi connectivity index (χ4n) is 2.45. The number of amidine groups is 1. The number of hydrogen-bond donors (Lipinski definition) is 3. The summed E-state index contributed by atoms with van der Waals surface area (Å²) in [6.45, 7) is 4.71. The van der Waals surface area contributed by atoms with Crippen LogP contribution < -0.4 is 11.1 Å². The van der Waals surface area contributed by atoms with Crippen LogP contribution in [0.3, 0.4) is 0 Å². The van der Waals surface area contributed by atoms with E-state index in [0.29, 0.717) is 6.54 Å². The number of anilines is 1. The van der Waals surface area contributed by atoms with E-state index in [-0.39, 0.29) is 11.8 Å². The predicted molar refractivity (Wildman–Crippen MR) is 87.0 cm³/mol. The first kappa shape index (κ1) is 14.9. The van der Waals surface area contributed by atoms with Crippen LogP contribution in [-0.2, 0) is 0 Å². The molecule has 2 rings (SSSR count). The van der Waals surface area contributed by atoms with Crippen molar-refractivity contribution in [3.8, 4) is 0 Å². The first-order valence-electron chi connectivity index (χ1n) is 6.96. The second kappa shape index (κ2) is 6.79. The second-order valence-electron chi connectivity index (χ2n) is 5.14. The molecule has 0 fully saturated rings. The zero-order valence-corrected chi connectivity index (χ0v) is 12.4. The lowest BCUT2D eigenvalue weighted by molar-refractivity contribution is 0.316. The highest BCUT2D eigenvalue weighted by molar-refractivity contribution is 5.87. The van der Waals surface area contributed by atoms with E-state index in [4.69, 9.17) is 10.9 Å². The van der Waals surface area contributed by atoms with Crippen LogP contribution in [0.15, 0.2) is 53.7 Å². The summed E-state index contributed by atoms with van der Waals surface area (Å²) in [6.07, 6.45) is 0. The van der Waals surface area contributed by atoms with Crippen LogP contribution in [0.1, 0.15) is 22.6 Å². The van der Waals surface area contributed by atoms with Gasteiger partial charge >= 0.3 is 0 Å². The van der Waals surface area contributed by atoms with E-state index < -0.39 is 0 Å². The smallest absolute Gasteiger partial charge is 0.148 e. The van der Waals surface area contributed by atoms with E-state index in [2.05, 4.69) is 36.5 Å². The number of aryl methyl sites for hydroxylation is 2.